The van der Waals surface area contributed by atoms with Crippen LogP contribution in [0.25, 0.3) is 0 Å². The van der Waals surface area contributed by atoms with E-state index in [1.165, 1.54) is 6.07 Å². The Morgan fingerprint density at radius 3 is 2.69 bits per heavy atom. The lowest BCUT2D eigenvalue weighted by Gasteiger charge is -2.32. The average Bonchev–Trinajstić information content (AvgIpc) is 2.91. The molecule has 154 valence electrons. The molecular weight excluding hydrogens is 393 g/mol. The summed E-state index contributed by atoms with van der Waals surface area (Å²) in [5.74, 6) is -0.614. The van der Waals surface area contributed by atoms with Gasteiger partial charge in [-0.15, -0.1) is 0 Å². The second-order valence-electron chi connectivity index (χ2n) is 6.92. The minimum atomic E-state index is -2.89. The van der Waals surface area contributed by atoms with Gasteiger partial charge in [0, 0.05) is 12.1 Å². The molecule has 2 aromatic carbocycles. The van der Waals surface area contributed by atoms with Gasteiger partial charge in [0.1, 0.15) is 22.3 Å². The number of hydrogen-bond donors (Lipinski definition) is 2. The van der Waals surface area contributed by atoms with Crippen molar-refractivity contribution in [1.82, 2.24) is 10.0 Å². The van der Waals surface area contributed by atoms with Crippen molar-refractivity contribution in [3.05, 3.63) is 83.7 Å². The third-order valence-corrected chi connectivity index (χ3v) is 6.68. The monoisotopic (exact) mass is 417 g/mol. The van der Waals surface area contributed by atoms with E-state index < -0.39 is 27.4 Å². The highest BCUT2D eigenvalue weighted by Gasteiger charge is 2.36. The molecule has 0 fully saturated rings. The third-order valence-electron chi connectivity index (χ3n) is 4.53. The molecule has 6 nitrogen and oxygen atoms in total. The Balaban J connectivity index is 1.83. The van der Waals surface area contributed by atoms with Gasteiger partial charge in [-0.3, -0.25) is 0 Å². The van der Waals surface area contributed by atoms with Gasteiger partial charge in [-0.2, -0.15) is 0 Å². The lowest BCUT2D eigenvalue weighted by atomic mass is 9.94. The molecule has 1 heterocycles. The fourth-order valence-electron chi connectivity index (χ4n) is 3.11. The molecule has 1 amide bonds. The minimum absolute atomic E-state index is 0.0714. The zero-order valence-corrected chi connectivity index (χ0v) is 17.0. The van der Waals surface area contributed by atoms with Crippen LogP contribution in [0.2, 0.25) is 0 Å². The summed E-state index contributed by atoms with van der Waals surface area (Å²) < 4.78 is 40.3. The maximum Gasteiger partial charge on any atom is 0.408 e. The van der Waals surface area contributed by atoms with Crippen LogP contribution in [0, 0.1) is 5.82 Å². The fraction of sp³-hybridized carbons (Fsp3) is 0.286. The molecule has 2 unspecified atom stereocenters. The number of amides is 1. The van der Waals surface area contributed by atoms with E-state index in [1.54, 1.807) is 25.1 Å². The van der Waals surface area contributed by atoms with E-state index >= 15 is 0 Å². The normalized spacial score (nSPS) is 20.8. The highest BCUT2D eigenvalue weighted by molar-refractivity contribution is 7.91. The Bertz CT molecular complexity index is 1000. The second-order valence-corrected chi connectivity index (χ2v) is 9.03. The Labute approximate surface area is 170 Å². The van der Waals surface area contributed by atoms with Crippen LogP contribution in [0.5, 0.6) is 0 Å². The Kier molecular flexibility index (Phi) is 6.66. The molecule has 29 heavy (non-hydrogen) atoms. The van der Waals surface area contributed by atoms with Crippen molar-refractivity contribution in [2.24, 2.45) is 4.36 Å². The van der Waals surface area contributed by atoms with Gasteiger partial charge < -0.3 is 10.1 Å². The minimum Gasteiger partial charge on any atom is -0.445 e. The summed E-state index contributed by atoms with van der Waals surface area (Å²) in [4.78, 5) is 12.5. The molecule has 1 aliphatic heterocycles. The lowest BCUT2D eigenvalue weighted by molar-refractivity contribution is 0.129. The van der Waals surface area contributed by atoms with Crippen LogP contribution in [0.4, 0.5) is 9.18 Å². The van der Waals surface area contributed by atoms with Gasteiger partial charge in [0.25, 0.3) is 0 Å². The predicted molar refractivity (Wildman–Crippen MR) is 111 cm³/mol. The van der Waals surface area contributed by atoms with Gasteiger partial charge in [-0.1, -0.05) is 60.7 Å². The summed E-state index contributed by atoms with van der Waals surface area (Å²) in [6, 6.07) is 15.3. The van der Waals surface area contributed by atoms with Crippen molar-refractivity contribution in [2.75, 3.05) is 18.8 Å². The number of rotatable bonds is 6. The molecule has 3 rings (SSSR count). The smallest absolute Gasteiger partial charge is 0.408 e. The van der Waals surface area contributed by atoms with Gasteiger partial charge in [-0.05, 0) is 18.6 Å². The number of alkyl carbamates (subject to hydrolysis) is 1. The molecule has 2 atom stereocenters. The number of nitrogens with one attached hydrogen (secondary N) is 2. The molecular formula is C21H24FN3O3S. The first kappa shape index (κ1) is 21.0. The van der Waals surface area contributed by atoms with E-state index in [0.717, 1.165) is 5.56 Å². The Morgan fingerprint density at radius 2 is 1.93 bits per heavy atom. The summed E-state index contributed by atoms with van der Waals surface area (Å²) >= 11 is 0. The summed E-state index contributed by atoms with van der Waals surface area (Å²) in [7, 11) is -2.89. The maximum atomic E-state index is 14.6. The van der Waals surface area contributed by atoms with Crippen molar-refractivity contribution in [3.8, 4) is 0 Å². The van der Waals surface area contributed by atoms with E-state index in [4.69, 9.17) is 4.74 Å². The molecule has 2 aromatic rings. The van der Waals surface area contributed by atoms with Crippen molar-refractivity contribution in [1.29, 1.82) is 0 Å². The number of nitrogens with zero attached hydrogens (tertiary/aromatic N) is 1. The first-order valence-electron chi connectivity index (χ1n) is 9.24. The zero-order valence-electron chi connectivity index (χ0n) is 16.1. The first-order chi connectivity index (χ1) is 13.9. The largest absolute Gasteiger partial charge is 0.445 e. The predicted octanol–water partition coefficient (Wildman–Crippen LogP) is 3.51. The standard InChI is InChI=1S/C21H24FN3O3S/c1-21(18-11-5-6-12-19(18)22,16-29(27)23-13-7-8-14-24-29)25-20(26)28-15-17-9-3-2-4-10-17/h2-12H,13-16H2,1H3,(H,25,26)(H,23,24,27). The number of carbonyl (C=O) groups excluding carboxylic acids is 1. The van der Waals surface area contributed by atoms with Crippen molar-refractivity contribution < 1.29 is 18.1 Å². The first-order valence-corrected chi connectivity index (χ1v) is 10.9. The number of carbonyl (C=O) groups is 1. The number of halogens is 1. The zero-order chi connectivity index (χ0) is 20.7. The van der Waals surface area contributed by atoms with Gasteiger partial charge in [0.05, 0.1) is 17.8 Å². The second kappa shape index (κ2) is 9.19. The SMILES string of the molecule is CC(CS1(=O)=NCC=CCN1)(NC(=O)OCc1ccccc1)c1ccccc1F. The van der Waals surface area contributed by atoms with Gasteiger partial charge in [-0.25, -0.2) is 22.5 Å². The summed E-state index contributed by atoms with van der Waals surface area (Å²) in [6.07, 6.45) is 2.91. The summed E-state index contributed by atoms with van der Waals surface area (Å²) in [5, 5.41) is 2.71. The summed E-state index contributed by atoms with van der Waals surface area (Å²) in [5.41, 5.74) is -0.252. The van der Waals surface area contributed by atoms with Crippen molar-refractivity contribution in [3.63, 3.8) is 0 Å². The van der Waals surface area contributed by atoms with Crippen molar-refractivity contribution >= 4 is 16.0 Å². The number of hydrogen-bond acceptors (Lipinski definition) is 4. The van der Waals surface area contributed by atoms with Crippen LogP contribution < -0.4 is 10.0 Å². The van der Waals surface area contributed by atoms with Gasteiger partial charge >= 0.3 is 6.09 Å². The van der Waals surface area contributed by atoms with E-state index in [0.29, 0.717) is 6.54 Å². The molecule has 0 saturated heterocycles. The quantitative estimate of drug-likeness (QED) is 0.706. The Hall–Kier alpha value is -2.71. The molecule has 0 spiro atoms. The van der Waals surface area contributed by atoms with Crippen LogP contribution in [0.1, 0.15) is 18.1 Å². The number of ether oxygens (including phenoxy) is 1. The van der Waals surface area contributed by atoms with Crippen molar-refractivity contribution in [2.45, 2.75) is 19.1 Å². The van der Waals surface area contributed by atoms with E-state index in [-0.39, 0.29) is 24.5 Å². The van der Waals surface area contributed by atoms with E-state index in [1.807, 2.05) is 42.5 Å². The molecule has 0 aromatic heterocycles. The van der Waals surface area contributed by atoms with Gasteiger partial charge in [0.15, 0.2) is 0 Å². The van der Waals surface area contributed by atoms with Crippen LogP contribution >= 0.6 is 0 Å². The van der Waals surface area contributed by atoms with Crippen LogP contribution in [-0.4, -0.2) is 29.1 Å². The Morgan fingerprint density at radius 1 is 1.21 bits per heavy atom. The fourth-order valence-corrected chi connectivity index (χ4v) is 5.09. The average molecular weight is 418 g/mol. The highest BCUT2D eigenvalue weighted by atomic mass is 32.2. The summed E-state index contributed by atoms with van der Waals surface area (Å²) in [6.45, 7) is 2.37. The third kappa shape index (κ3) is 5.65. The molecule has 0 aliphatic carbocycles. The number of benzene rings is 2. The van der Waals surface area contributed by atoms with E-state index in [9.17, 15) is 13.4 Å². The topological polar surface area (TPSA) is 79.8 Å². The van der Waals surface area contributed by atoms with Crippen LogP contribution in [-0.2, 0) is 26.8 Å². The molecule has 2 N–H and O–H groups in total. The molecule has 1 aliphatic rings. The molecule has 0 bridgehead atoms. The van der Waals surface area contributed by atoms with Gasteiger partial charge in [0.2, 0.25) is 0 Å². The molecule has 0 saturated carbocycles. The molecule has 8 heteroatoms. The van der Waals surface area contributed by atoms with Crippen LogP contribution in [0.15, 0.2) is 71.1 Å². The van der Waals surface area contributed by atoms with Crippen LogP contribution in [0.3, 0.4) is 0 Å². The maximum absolute atomic E-state index is 14.6. The lowest BCUT2D eigenvalue weighted by Crippen LogP contribution is -2.50. The highest BCUT2D eigenvalue weighted by Crippen LogP contribution is 2.26. The van der Waals surface area contributed by atoms with E-state index in [2.05, 4.69) is 14.4 Å². The molecule has 0 radical (unpaired) electrons.